The van der Waals surface area contributed by atoms with Gasteiger partial charge in [0.05, 0.1) is 13.2 Å². The lowest BCUT2D eigenvalue weighted by molar-refractivity contribution is 0.261. The van der Waals surface area contributed by atoms with Crippen LogP contribution in [0.3, 0.4) is 0 Å². The summed E-state index contributed by atoms with van der Waals surface area (Å²) in [6.45, 7) is 0.650. The zero-order valence-electron chi connectivity index (χ0n) is 7.62. The average molecular weight is 348 g/mol. The van der Waals surface area contributed by atoms with Gasteiger partial charge in [-0.25, -0.2) is 0 Å². The second kappa shape index (κ2) is 11.7. The van der Waals surface area contributed by atoms with Crippen LogP contribution in [0.5, 0.6) is 0 Å². The van der Waals surface area contributed by atoms with Crippen LogP contribution in [0.1, 0.15) is 0 Å². The van der Waals surface area contributed by atoms with Gasteiger partial charge in [0.1, 0.15) is 0 Å². The number of allylic oxidation sites excluding steroid dienone is 2. The van der Waals surface area contributed by atoms with Gasteiger partial charge in [0, 0.05) is 10.7 Å². The maximum absolute atomic E-state index is 11.0. The molecule has 0 aromatic carbocycles. The summed E-state index contributed by atoms with van der Waals surface area (Å²) >= 11 is 6.44. The Hall–Kier alpha value is 0.590. The van der Waals surface area contributed by atoms with Gasteiger partial charge >= 0.3 is 8.25 Å². The van der Waals surface area contributed by atoms with E-state index in [4.69, 9.17) is 9.05 Å². The fraction of sp³-hybridized carbons (Fsp3) is 0.500. The molecule has 0 aliphatic rings. The van der Waals surface area contributed by atoms with E-state index < -0.39 is 8.25 Å². The molecule has 0 aliphatic heterocycles. The first-order chi connectivity index (χ1) is 6.81. The Morgan fingerprint density at radius 2 is 1.36 bits per heavy atom. The normalized spacial score (nSPS) is 14.1. The molecule has 0 heterocycles. The summed E-state index contributed by atoms with van der Waals surface area (Å²) in [6.07, 6.45) is 7.32. The molecule has 0 rings (SSSR count). The first-order valence-electron chi connectivity index (χ1n) is 4.02. The Balaban J connectivity index is 3.37. The second-order valence-electron chi connectivity index (χ2n) is 2.12. The van der Waals surface area contributed by atoms with Crippen LogP contribution in [0, 0.1) is 0 Å². The maximum atomic E-state index is 11.0. The molecule has 0 radical (unpaired) electrons. The molecule has 82 valence electrons. The first kappa shape index (κ1) is 14.6. The summed E-state index contributed by atoms with van der Waals surface area (Å²) in [6, 6.07) is 0. The highest BCUT2D eigenvalue weighted by molar-refractivity contribution is 9.09. The average Bonchev–Trinajstić information content (AvgIpc) is 2.19. The van der Waals surface area contributed by atoms with Crippen molar-refractivity contribution in [2.45, 2.75) is 0 Å². The monoisotopic (exact) mass is 346 g/mol. The van der Waals surface area contributed by atoms with Gasteiger partial charge in [-0.3, -0.25) is 4.57 Å². The van der Waals surface area contributed by atoms with Crippen molar-refractivity contribution in [3.05, 3.63) is 24.3 Å². The van der Waals surface area contributed by atoms with E-state index in [0.29, 0.717) is 13.2 Å². The fourth-order valence-electron chi connectivity index (χ4n) is 0.536. The number of halogens is 2. The largest absolute Gasteiger partial charge is 0.319 e. The molecular weight excluding hydrogens is 335 g/mol. The van der Waals surface area contributed by atoms with Gasteiger partial charge in [-0.15, -0.1) is 0 Å². The minimum Gasteiger partial charge on any atom is -0.306 e. The van der Waals surface area contributed by atoms with Crippen molar-refractivity contribution in [2.75, 3.05) is 23.9 Å². The lowest BCUT2D eigenvalue weighted by Crippen LogP contribution is -1.86. The lowest BCUT2D eigenvalue weighted by atomic mass is 10.6. The highest BCUT2D eigenvalue weighted by Gasteiger charge is 1.94. The van der Waals surface area contributed by atoms with Gasteiger partial charge in [-0.05, 0) is 0 Å². The van der Waals surface area contributed by atoms with E-state index in [-0.39, 0.29) is 0 Å². The molecule has 0 bridgehead atoms. The summed E-state index contributed by atoms with van der Waals surface area (Å²) < 4.78 is 20.8. The van der Waals surface area contributed by atoms with E-state index in [1.54, 1.807) is 12.2 Å². The van der Waals surface area contributed by atoms with Crippen LogP contribution in [0.4, 0.5) is 0 Å². The van der Waals surface area contributed by atoms with E-state index in [1.807, 2.05) is 12.2 Å². The third kappa shape index (κ3) is 10.7. The van der Waals surface area contributed by atoms with Gasteiger partial charge < -0.3 is 9.05 Å². The van der Waals surface area contributed by atoms with Crippen molar-refractivity contribution >= 4 is 40.1 Å². The van der Waals surface area contributed by atoms with Crippen molar-refractivity contribution < 1.29 is 13.6 Å². The van der Waals surface area contributed by atoms with Gasteiger partial charge in [0.25, 0.3) is 0 Å². The Morgan fingerprint density at radius 3 is 1.71 bits per heavy atom. The number of hydrogen-bond acceptors (Lipinski definition) is 3. The predicted molar refractivity (Wildman–Crippen MR) is 66.8 cm³/mol. The molecule has 0 saturated heterocycles. The van der Waals surface area contributed by atoms with Crippen molar-refractivity contribution in [2.24, 2.45) is 0 Å². The standard InChI is InChI=1S/C8H13Br2O3P/c9-5-1-3-7-12-14(11)13-8-4-2-6-10/h1-4,14H,5-8H2. The van der Waals surface area contributed by atoms with Gasteiger partial charge in [0.15, 0.2) is 0 Å². The number of alkyl halides is 2. The molecule has 0 saturated carbocycles. The third-order valence-electron chi connectivity index (χ3n) is 1.11. The van der Waals surface area contributed by atoms with Crippen LogP contribution in [-0.4, -0.2) is 23.9 Å². The maximum Gasteiger partial charge on any atom is 0.319 e. The molecule has 3 nitrogen and oxygen atoms in total. The Bertz CT molecular complexity index is 187. The summed E-state index contributed by atoms with van der Waals surface area (Å²) in [4.78, 5) is 0. The predicted octanol–water partition coefficient (Wildman–Crippen LogP) is 3.31. The molecule has 0 N–H and O–H groups in total. The number of hydrogen-bond donors (Lipinski definition) is 0. The molecule has 0 aromatic rings. The quantitative estimate of drug-likeness (QED) is 0.384. The van der Waals surface area contributed by atoms with Crippen molar-refractivity contribution in [1.82, 2.24) is 0 Å². The second-order valence-corrected chi connectivity index (χ2v) is 4.50. The number of rotatable bonds is 8. The summed E-state index contributed by atoms with van der Waals surface area (Å²) in [5.74, 6) is 0. The molecular formula is C8H13Br2O3P. The zero-order valence-corrected chi connectivity index (χ0v) is 11.8. The highest BCUT2D eigenvalue weighted by Crippen LogP contribution is 2.22. The van der Waals surface area contributed by atoms with Gasteiger partial charge in [-0.2, -0.15) is 0 Å². The molecule has 6 heteroatoms. The van der Waals surface area contributed by atoms with Crippen LogP contribution >= 0.6 is 40.1 Å². The molecule has 0 fully saturated rings. The summed E-state index contributed by atoms with van der Waals surface area (Å²) in [7, 11) is -2.33. The van der Waals surface area contributed by atoms with E-state index in [0.717, 1.165) is 10.7 Å². The topological polar surface area (TPSA) is 35.5 Å². The van der Waals surface area contributed by atoms with E-state index in [9.17, 15) is 4.57 Å². The third-order valence-corrected chi connectivity index (χ3v) is 2.66. The molecule has 0 aromatic heterocycles. The van der Waals surface area contributed by atoms with Crippen molar-refractivity contribution in [3.8, 4) is 0 Å². The Morgan fingerprint density at radius 1 is 0.929 bits per heavy atom. The van der Waals surface area contributed by atoms with Crippen molar-refractivity contribution in [1.29, 1.82) is 0 Å². The van der Waals surface area contributed by atoms with E-state index in [1.165, 1.54) is 0 Å². The Labute approximate surface area is 102 Å². The summed E-state index contributed by atoms with van der Waals surface area (Å²) in [5.41, 5.74) is 0. The lowest BCUT2D eigenvalue weighted by Gasteiger charge is -2.00. The smallest absolute Gasteiger partial charge is 0.306 e. The molecule has 0 amide bonds. The molecule has 0 aliphatic carbocycles. The fourth-order valence-corrected chi connectivity index (χ4v) is 1.61. The van der Waals surface area contributed by atoms with Gasteiger partial charge in [0.2, 0.25) is 0 Å². The Kier molecular flexibility index (Phi) is 12.2. The van der Waals surface area contributed by atoms with Crippen molar-refractivity contribution in [3.63, 3.8) is 0 Å². The SMILES string of the molecule is O=[PH](OCC=CCBr)OCC=CCBr. The zero-order chi connectivity index (χ0) is 10.6. The highest BCUT2D eigenvalue weighted by atomic mass is 79.9. The minimum atomic E-state index is -2.33. The van der Waals surface area contributed by atoms with E-state index in [2.05, 4.69) is 31.9 Å². The molecule has 14 heavy (non-hydrogen) atoms. The first-order valence-corrected chi connectivity index (χ1v) is 7.49. The van der Waals surface area contributed by atoms with Crippen LogP contribution in [0.25, 0.3) is 0 Å². The van der Waals surface area contributed by atoms with Crippen LogP contribution in [0.2, 0.25) is 0 Å². The summed E-state index contributed by atoms with van der Waals surface area (Å²) in [5, 5.41) is 1.54. The van der Waals surface area contributed by atoms with E-state index >= 15 is 0 Å². The molecule has 0 unspecified atom stereocenters. The van der Waals surface area contributed by atoms with Gasteiger partial charge in [-0.1, -0.05) is 56.2 Å². The van der Waals surface area contributed by atoms with Crippen LogP contribution < -0.4 is 0 Å². The van der Waals surface area contributed by atoms with Crippen LogP contribution in [0.15, 0.2) is 24.3 Å². The van der Waals surface area contributed by atoms with Crippen LogP contribution in [-0.2, 0) is 13.6 Å². The minimum absolute atomic E-state index is 0.325. The molecule has 0 spiro atoms. The molecule has 0 atom stereocenters.